The normalized spacial score (nSPS) is 11.6. The van der Waals surface area contributed by atoms with Gasteiger partial charge >= 0.3 is 11.8 Å². The van der Waals surface area contributed by atoms with Crippen LogP contribution in [0.5, 0.6) is 5.75 Å². The molecule has 146 valence electrons. The second kappa shape index (κ2) is 7.12. The van der Waals surface area contributed by atoms with Gasteiger partial charge in [-0.05, 0) is 41.3 Å². The fraction of sp³-hybridized carbons (Fsp3) is 0.263. The molecular formula is C19H20ClN5O3. The van der Waals surface area contributed by atoms with E-state index < -0.39 is 11.8 Å². The van der Waals surface area contributed by atoms with Gasteiger partial charge in [0.15, 0.2) is 0 Å². The topological polar surface area (TPSA) is 123 Å². The first-order chi connectivity index (χ1) is 13.1. The van der Waals surface area contributed by atoms with E-state index in [0.717, 1.165) is 5.56 Å². The summed E-state index contributed by atoms with van der Waals surface area (Å²) in [5.74, 6) is -2.13. The zero-order valence-corrected chi connectivity index (χ0v) is 16.4. The van der Waals surface area contributed by atoms with Gasteiger partial charge in [0, 0.05) is 17.1 Å². The first-order valence-corrected chi connectivity index (χ1v) is 8.91. The Kier molecular flexibility index (Phi) is 4.99. The van der Waals surface area contributed by atoms with Gasteiger partial charge in [-0.1, -0.05) is 32.4 Å². The minimum Gasteiger partial charge on any atom is -0.505 e. The zero-order chi connectivity index (χ0) is 20.6. The van der Waals surface area contributed by atoms with E-state index in [9.17, 15) is 14.7 Å². The monoisotopic (exact) mass is 401 g/mol. The number of amides is 2. The molecule has 0 aliphatic carbocycles. The summed E-state index contributed by atoms with van der Waals surface area (Å²) in [6.45, 7) is 5.97. The molecular weight excluding hydrogens is 382 g/mol. The predicted molar refractivity (Wildman–Crippen MR) is 105 cm³/mol. The molecule has 3 rings (SSSR count). The Labute approximate surface area is 166 Å². The summed E-state index contributed by atoms with van der Waals surface area (Å²) in [6, 6.07) is 8.67. The molecule has 9 heteroatoms. The summed E-state index contributed by atoms with van der Waals surface area (Å²) in [6.07, 6.45) is 0. The third kappa shape index (κ3) is 3.91. The van der Waals surface area contributed by atoms with Crippen LogP contribution in [0.15, 0.2) is 30.3 Å². The van der Waals surface area contributed by atoms with Crippen LogP contribution in [0, 0.1) is 0 Å². The number of carbonyl (C=O) groups is 2. The van der Waals surface area contributed by atoms with Gasteiger partial charge in [-0.15, -0.1) is 15.0 Å². The first kappa shape index (κ1) is 19.6. The Morgan fingerprint density at radius 1 is 1.18 bits per heavy atom. The number of phenols is 1. The number of hydrogen-bond acceptors (Lipinski definition) is 5. The lowest BCUT2D eigenvalue weighted by Crippen LogP contribution is -2.35. The zero-order valence-electron chi connectivity index (χ0n) is 15.7. The van der Waals surface area contributed by atoms with Crippen LogP contribution in [0.3, 0.4) is 0 Å². The average molecular weight is 402 g/mol. The molecule has 4 N–H and O–H groups in total. The van der Waals surface area contributed by atoms with E-state index in [-0.39, 0.29) is 17.7 Å². The fourth-order valence-electron chi connectivity index (χ4n) is 2.66. The molecule has 0 spiro atoms. The molecule has 1 aromatic heterocycles. The number of halogens is 1. The number of phenolic OH excluding ortho intramolecular Hbond substituents is 1. The van der Waals surface area contributed by atoms with E-state index in [4.69, 9.17) is 17.3 Å². The van der Waals surface area contributed by atoms with Crippen molar-refractivity contribution in [3.05, 3.63) is 46.5 Å². The Bertz CT molecular complexity index is 1090. The molecule has 3 aromatic rings. The van der Waals surface area contributed by atoms with Gasteiger partial charge in [0.2, 0.25) is 0 Å². The summed E-state index contributed by atoms with van der Waals surface area (Å²) < 4.78 is 0. The van der Waals surface area contributed by atoms with E-state index in [2.05, 4.69) is 15.5 Å². The van der Waals surface area contributed by atoms with Crippen LogP contribution >= 0.6 is 11.6 Å². The number of aromatic hydroxyl groups is 1. The van der Waals surface area contributed by atoms with Gasteiger partial charge in [-0.2, -0.15) is 0 Å². The first-order valence-electron chi connectivity index (χ1n) is 8.53. The number of nitrogens with zero attached hydrogens (tertiary/aromatic N) is 3. The van der Waals surface area contributed by atoms with E-state index >= 15 is 0 Å². The molecule has 0 aliphatic heterocycles. The molecule has 2 aromatic carbocycles. The van der Waals surface area contributed by atoms with Crippen molar-refractivity contribution < 1.29 is 14.7 Å². The van der Waals surface area contributed by atoms with Crippen molar-refractivity contribution >= 4 is 34.4 Å². The van der Waals surface area contributed by atoms with E-state index in [1.54, 1.807) is 30.3 Å². The van der Waals surface area contributed by atoms with Crippen molar-refractivity contribution in [2.75, 3.05) is 0 Å². The lowest BCUT2D eigenvalue weighted by molar-refractivity contribution is -0.137. The van der Waals surface area contributed by atoms with Crippen LogP contribution in [-0.2, 0) is 21.5 Å². The number of benzene rings is 2. The maximum Gasteiger partial charge on any atom is 0.309 e. The van der Waals surface area contributed by atoms with E-state index in [1.807, 2.05) is 20.8 Å². The maximum atomic E-state index is 11.5. The van der Waals surface area contributed by atoms with Gasteiger partial charge in [0.1, 0.15) is 22.5 Å². The minimum atomic E-state index is -1.09. The molecule has 0 atom stereocenters. The second-order valence-electron chi connectivity index (χ2n) is 7.42. The second-order valence-corrected chi connectivity index (χ2v) is 7.86. The Morgan fingerprint density at radius 2 is 1.86 bits per heavy atom. The number of aromatic nitrogens is 3. The number of fused-ring (bicyclic) bond motifs is 1. The van der Waals surface area contributed by atoms with Crippen LogP contribution < -0.4 is 11.1 Å². The predicted octanol–water partition coefficient (Wildman–Crippen LogP) is 2.18. The maximum absolute atomic E-state index is 11.5. The fourth-order valence-corrected chi connectivity index (χ4v) is 2.82. The van der Waals surface area contributed by atoms with Crippen LogP contribution in [0.1, 0.15) is 31.9 Å². The molecule has 0 aliphatic rings. The van der Waals surface area contributed by atoms with E-state index in [1.165, 1.54) is 4.80 Å². The standard InChI is InChI=1S/C19H20ClN5O3/c1-19(2,3)11-6-10(9-22-18(28)17(21)27)16(26)15(7-11)25-23-13-5-4-12(20)8-14(13)24-25/h4-8,26H,9H2,1-3H3,(H2,21,27)(H,22,28). The van der Waals surface area contributed by atoms with Crippen molar-refractivity contribution in [2.24, 2.45) is 5.73 Å². The SMILES string of the molecule is CC(C)(C)c1cc(CNC(=O)C(N)=O)c(O)c(-n2nc3ccc(Cl)cc3n2)c1. The molecule has 2 amide bonds. The van der Waals surface area contributed by atoms with Crippen LogP contribution in [0.2, 0.25) is 5.02 Å². The summed E-state index contributed by atoms with van der Waals surface area (Å²) in [7, 11) is 0. The van der Waals surface area contributed by atoms with E-state index in [0.29, 0.717) is 27.3 Å². The number of hydrogen-bond donors (Lipinski definition) is 3. The van der Waals surface area contributed by atoms with Crippen molar-refractivity contribution in [1.29, 1.82) is 0 Å². The molecule has 0 fully saturated rings. The van der Waals surface area contributed by atoms with Gasteiger partial charge in [0.05, 0.1) is 0 Å². The summed E-state index contributed by atoms with van der Waals surface area (Å²) in [4.78, 5) is 23.8. The largest absolute Gasteiger partial charge is 0.505 e. The van der Waals surface area contributed by atoms with Crippen LogP contribution in [0.4, 0.5) is 0 Å². The smallest absolute Gasteiger partial charge is 0.309 e. The molecule has 0 saturated heterocycles. The van der Waals surface area contributed by atoms with Gasteiger partial charge in [-0.25, -0.2) is 0 Å². The summed E-state index contributed by atoms with van der Waals surface area (Å²) in [5.41, 5.74) is 7.57. The molecule has 1 heterocycles. The summed E-state index contributed by atoms with van der Waals surface area (Å²) in [5, 5.41) is 22.5. The van der Waals surface area contributed by atoms with Crippen molar-refractivity contribution in [3.8, 4) is 11.4 Å². The number of rotatable bonds is 3. The molecule has 28 heavy (non-hydrogen) atoms. The number of carbonyl (C=O) groups excluding carboxylic acids is 2. The third-order valence-electron chi connectivity index (χ3n) is 4.26. The molecule has 8 nitrogen and oxygen atoms in total. The molecule has 0 radical (unpaired) electrons. The Balaban J connectivity index is 2.11. The van der Waals surface area contributed by atoms with Crippen molar-refractivity contribution in [3.63, 3.8) is 0 Å². The molecule has 0 bridgehead atoms. The number of nitrogens with two attached hydrogens (primary N) is 1. The average Bonchev–Trinajstić information content (AvgIpc) is 3.02. The Morgan fingerprint density at radius 3 is 2.50 bits per heavy atom. The highest BCUT2D eigenvalue weighted by atomic mass is 35.5. The highest BCUT2D eigenvalue weighted by molar-refractivity contribution is 6.34. The number of primary amides is 1. The van der Waals surface area contributed by atoms with Crippen LogP contribution in [0.25, 0.3) is 16.7 Å². The minimum absolute atomic E-state index is 0.0723. The highest BCUT2D eigenvalue weighted by Gasteiger charge is 2.21. The van der Waals surface area contributed by atoms with Crippen molar-refractivity contribution in [1.82, 2.24) is 20.3 Å². The third-order valence-corrected chi connectivity index (χ3v) is 4.49. The van der Waals surface area contributed by atoms with Gasteiger partial charge in [-0.3, -0.25) is 9.59 Å². The highest BCUT2D eigenvalue weighted by Crippen LogP contribution is 2.33. The number of nitrogens with one attached hydrogen (secondary N) is 1. The van der Waals surface area contributed by atoms with Crippen molar-refractivity contribution in [2.45, 2.75) is 32.7 Å². The van der Waals surface area contributed by atoms with Gasteiger partial charge in [0.25, 0.3) is 0 Å². The summed E-state index contributed by atoms with van der Waals surface area (Å²) >= 11 is 6.01. The lowest BCUT2D eigenvalue weighted by Gasteiger charge is -2.22. The lowest BCUT2D eigenvalue weighted by atomic mass is 9.85. The molecule has 0 saturated carbocycles. The quantitative estimate of drug-likeness (QED) is 0.580. The molecule has 0 unspecified atom stereocenters. The van der Waals surface area contributed by atoms with Crippen LogP contribution in [-0.4, -0.2) is 31.9 Å². The van der Waals surface area contributed by atoms with Gasteiger partial charge < -0.3 is 16.2 Å². The Hall–Kier alpha value is -3.13.